The average Bonchev–Trinajstić information content (AvgIpc) is 2.59. The second-order valence-electron chi connectivity index (χ2n) is 6.79. The van der Waals surface area contributed by atoms with Crippen molar-refractivity contribution in [2.24, 2.45) is 5.92 Å². The zero-order valence-electron chi connectivity index (χ0n) is 14.7. The van der Waals surface area contributed by atoms with Gasteiger partial charge >= 0.3 is 0 Å². The van der Waals surface area contributed by atoms with Crippen LogP contribution < -0.4 is 10.6 Å². The number of nitrogens with one attached hydrogen (secondary N) is 2. The van der Waals surface area contributed by atoms with E-state index in [1.165, 1.54) is 11.1 Å². The van der Waals surface area contributed by atoms with Gasteiger partial charge in [0.2, 0.25) is 17.7 Å². The first kappa shape index (κ1) is 17.9. The largest absolute Gasteiger partial charge is 0.352 e. The molecule has 5 heteroatoms. The van der Waals surface area contributed by atoms with Gasteiger partial charge in [-0.25, -0.2) is 0 Å². The predicted octanol–water partition coefficient (Wildman–Crippen LogP) is 2.72. The van der Waals surface area contributed by atoms with Crippen LogP contribution in [0.1, 0.15) is 30.4 Å². The van der Waals surface area contributed by atoms with Crippen LogP contribution in [0, 0.1) is 12.8 Å². The lowest BCUT2D eigenvalue weighted by Gasteiger charge is -2.20. The fraction of sp³-hybridized carbons (Fsp3) is 0.286. The van der Waals surface area contributed by atoms with Gasteiger partial charge in [0.05, 0.1) is 0 Å². The number of carbonyl (C=O) groups excluding carboxylic acids is 3. The minimum Gasteiger partial charge on any atom is -0.352 e. The lowest BCUT2D eigenvalue weighted by atomic mass is 9.93. The first-order valence-corrected chi connectivity index (χ1v) is 8.75. The average molecular weight is 350 g/mol. The summed E-state index contributed by atoms with van der Waals surface area (Å²) in [6.45, 7) is 2.50. The molecule has 0 radical (unpaired) electrons. The van der Waals surface area contributed by atoms with Crippen LogP contribution in [-0.4, -0.2) is 17.7 Å². The first-order chi connectivity index (χ1) is 12.5. The Balaban J connectivity index is 1.52. The molecule has 134 valence electrons. The van der Waals surface area contributed by atoms with Crippen LogP contribution in [0.2, 0.25) is 0 Å². The number of carbonyl (C=O) groups is 3. The molecule has 0 aromatic heterocycles. The van der Waals surface area contributed by atoms with Crippen molar-refractivity contribution in [1.82, 2.24) is 10.6 Å². The molecule has 0 atom stereocenters. The van der Waals surface area contributed by atoms with Gasteiger partial charge in [0, 0.05) is 25.8 Å². The third-order valence-electron chi connectivity index (χ3n) is 4.50. The molecule has 0 aliphatic carbocycles. The molecule has 0 bridgehead atoms. The highest BCUT2D eigenvalue weighted by Crippen LogP contribution is 2.21. The molecule has 3 amide bonds. The van der Waals surface area contributed by atoms with Crippen LogP contribution in [0.25, 0.3) is 11.1 Å². The van der Waals surface area contributed by atoms with Crippen LogP contribution in [0.4, 0.5) is 0 Å². The van der Waals surface area contributed by atoms with E-state index in [4.69, 9.17) is 0 Å². The van der Waals surface area contributed by atoms with Crippen LogP contribution in [-0.2, 0) is 20.9 Å². The monoisotopic (exact) mass is 350 g/mol. The minimum atomic E-state index is -0.300. The number of aryl methyl sites for hydroxylation is 1. The van der Waals surface area contributed by atoms with Crippen molar-refractivity contribution in [2.45, 2.75) is 32.7 Å². The summed E-state index contributed by atoms with van der Waals surface area (Å²) in [5.74, 6) is -0.947. The fourth-order valence-electron chi connectivity index (χ4n) is 3.17. The molecule has 0 spiro atoms. The molecule has 2 aromatic rings. The molecule has 3 rings (SSSR count). The first-order valence-electron chi connectivity index (χ1n) is 8.75. The zero-order chi connectivity index (χ0) is 18.5. The molecule has 2 aromatic carbocycles. The topological polar surface area (TPSA) is 75.3 Å². The van der Waals surface area contributed by atoms with Crippen LogP contribution >= 0.6 is 0 Å². The number of hydrogen-bond acceptors (Lipinski definition) is 3. The number of imide groups is 1. The Morgan fingerprint density at radius 2 is 1.73 bits per heavy atom. The summed E-state index contributed by atoms with van der Waals surface area (Å²) >= 11 is 0. The molecule has 1 fully saturated rings. The van der Waals surface area contributed by atoms with Gasteiger partial charge in [-0.3, -0.25) is 19.7 Å². The summed E-state index contributed by atoms with van der Waals surface area (Å²) < 4.78 is 0. The maximum absolute atomic E-state index is 12.1. The van der Waals surface area contributed by atoms with Gasteiger partial charge in [-0.05, 0) is 29.5 Å². The molecule has 1 heterocycles. The van der Waals surface area contributed by atoms with E-state index in [2.05, 4.69) is 35.8 Å². The van der Waals surface area contributed by atoms with Crippen molar-refractivity contribution >= 4 is 17.7 Å². The Labute approximate surface area is 152 Å². The normalized spacial score (nSPS) is 14.8. The number of piperidine rings is 1. The molecular formula is C21H22N2O3. The van der Waals surface area contributed by atoms with E-state index < -0.39 is 0 Å². The molecular weight excluding hydrogens is 328 g/mol. The van der Waals surface area contributed by atoms with Gasteiger partial charge in [0.1, 0.15) is 0 Å². The van der Waals surface area contributed by atoms with E-state index in [0.29, 0.717) is 6.54 Å². The molecule has 1 aliphatic rings. The smallest absolute Gasteiger partial charge is 0.226 e. The maximum atomic E-state index is 12.1. The minimum absolute atomic E-state index is 0.139. The third-order valence-corrected chi connectivity index (χ3v) is 4.50. The van der Waals surface area contributed by atoms with Gasteiger partial charge < -0.3 is 5.32 Å². The van der Waals surface area contributed by atoms with Crippen molar-refractivity contribution in [3.8, 4) is 11.1 Å². The Bertz CT molecular complexity index is 811. The van der Waals surface area contributed by atoms with Gasteiger partial charge in [0.25, 0.3) is 0 Å². The maximum Gasteiger partial charge on any atom is 0.226 e. The van der Waals surface area contributed by atoms with E-state index in [1.54, 1.807) is 0 Å². The summed E-state index contributed by atoms with van der Waals surface area (Å²) in [6, 6.07) is 16.4. The van der Waals surface area contributed by atoms with Crippen molar-refractivity contribution in [2.75, 3.05) is 0 Å². The molecule has 1 saturated heterocycles. The molecule has 2 N–H and O–H groups in total. The van der Waals surface area contributed by atoms with Crippen molar-refractivity contribution in [3.63, 3.8) is 0 Å². The Morgan fingerprint density at radius 3 is 2.38 bits per heavy atom. The molecule has 1 aliphatic heterocycles. The van der Waals surface area contributed by atoms with Gasteiger partial charge in [-0.2, -0.15) is 0 Å². The highest BCUT2D eigenvalue weighted by molar-refractivity contribution is 5.98. The van der Waals surface area contributed by atoms with Crippen LogP contribution in [0.3, 0.4) is 0 Å². The molecule has 0 saturated carbocycles. The highest BCUT2D eigenvalue weighted by atomic mass is 16.2. The fourth-order valence-corrected chi connectivity index (χ4v) is 3.17. The Kier molecular flexibility index (Phi) is 5.46. The third kappa shape index (κ3) is 4.79. The lowest BCUT2D eigenvalue weighted by Crippen LogP contribution is -2.40. The quantitative estimate of drug-likeness (QED) is 0.814. The number of amides is 3. The Hall–Kier alpha value is -2.95. The predicted molar refractivity (Wildman–Crippen MR) is 99.0 cm³/mol. The number of rotatable bonds is 5. The van der Waals surface area contributed by atoms with Crippen LogP contribution in [0.5, 0.6) is 0 Å². The summed E-state index contributed by atoms with van der Waals surface area (Å²) in [7, 11) is 0. The summed E-state index contributed by atoms with van der Waals surface area (Å²) in [6.07, 6.45) is 0.648. The van der Waals surface area contributed by atoms with Crippen molar-refractivity contribution in [3.05, 3.63) is 59.7 Å². The second-order valence-corrected chi connectivity index (χ2v) is 6.79. The number of hydrogen-bond donors (Lipinski definition) is 2. The van der Waals surface area contributed by atoms with E-state index in [0.717, 1.165) is 11.1 Å². The zero-order valence-corrected chi connectivity index (χ0v) is 14.7. The summed E-state index contributed by atoms with van der Waals surface area (Å²) in [4.78, 5) is 34.8. The van der Waals surface area contributed by atoms with Crippen molar-refractivity contribution < 1.29 is 14.4 Å². The van der Waals surface area contributed by atoms with E-state index in [-0.39, 0.29) is 42.9 Å². The Morgan fingerprint density at radius 1 is 1.04 bits per heavy atom. The van der Waals surface area contributed by atoms with Gasteiger partial charge in [-0.1, -0.05) is 54.1 Å². The van der Waals surface area contributed by atoms with E-state index >= 15 is 0 Å². The number of benzene rings is 2. The van der Waals surface area contributed by atoms with E-state index in [9.17, 15) is 14.4 Å². The summed E-state index contributed by atoms with van der Waals surface area (Å²) in [5, 5.41) is 5.12. The van der Waals surface area contributed by atoms with Crippen LogP contribution in [0.15, 0.2) is 48.5 Å². The molecule has 5 nitrogen and oxygen atoms in total. The summed E-state index contributed by atoms with van der Waals surface area (Å²) in [5.41, 5.74) is 4.53. The SMILES string of the molecule is Cc1cccc(-c2ccc(CNC(=O)CC3CC(=O)NC(=O)C3)cc2)c1. The van der Waals surface area contributed by atoms with Gasteiger partial charge in [-0.15, -0.1) is 0 Å². The second kappa shape index (κ2) is 7.95. The van der Waals surface area contributed by atoms with E-state index in [1.807, 2.05) is 30.3 Å². The molecule has 26 heavy (non-hydrogen) atoms. The van der Waals surface area contributed by atoms with Crippen molar-refractivity contribution in [1.29, 1.82) is 0 Å². The molecule has 0 unspecified atom stereocenters. The highest BCUT2D eigenvalue weighted by Gasteiger charge is 2.26. The van der Waals surface area contributed by atoms with Gasteiger partial charge in [0.15, 0.2) is 0 Å². The lowest BCUT2D eigenvalue weighted by molar-refractivity contribution is -0.135. The standard InChI is InChI=1S/C21H22N2O3/c1-14-3-2-4-18(9-14)17-7-5-15(6-8-17)13-22-19(24)10-16-11-20(25)23-21(26)12-16/h2-9,16H,10-13H2,1H3,(H,22,24)(H,23,25,26).